The van der Waals surface area contributed by atoms with Crippen molar-refractivity contribution in [1.82, 2.24) is 0 Å². The van der Waals surface area contributed by atoms with Gasteiger partial charge in [0.2, 0.25) is 15.8 Å². The van der Waals surface area contributed by atoms with Gasteiger partial charge in [-0.25, -0.2) is 13.2 Å². The van der Waals surface area contributed by atoms with Crippen LogP contribution in [-0.4, -0.2) is 39.1 Å². The Bertz CT molecular complexity index is 862. The zero-order chi connectivity index (χ0) is 19.2. The maximum absolute atomic E-state index is 12.3. The lowest BCUT2D eigenvalue weighted by molar-refractivity contribution is -0.148. The Morgan fingerprint density at radius 3 is 2.23 bits per heavy atom. The topological polar surface area (TPSA) is 98.8 Å². The summed E-state index contributed by atoms with van der Waals surface area (Å²) in [5.74, 6) is -0.536. The first-order valence-corrected chi connectivity index (χ1v) is 9.63. The Hall–Kier alpha value is -2.87. The van der Waals surface area contributed by atoms with E-state index in [1.54, 1.807) is 24.3 Å². The molecule has 0 amide bonds. The number of hydrogen-bond donors (Lipinski definition) is 1. The summed E-state index contributed by atoms with van der Waals surface area (Å²) >= 11 is 0. The van der Waals surface area contributed by atoms with Crippen molar-refractivity contribution < 1.29 is 27.5 Å². The van der Waals surface area contributed by atoms with Gasteiger partial charge in [0.15, 0.2) is 12.7 Å². The number of anilines is 1. The number of ketones is 1. The number of benzene rings is 2. The maximum atomic E-state index is 12.3. The number of esters is 1. The van der Waals surface area contributed by atoms with Crippen molar-refractivity contribution in [2.45, 2.75) is 13.0 Å². The quantitative estimate of drug-likeness (QED) is 0.560. The zero-order valence-electron chi connectivity index (χ0n) is 14.3. The predicted molar refractivity (Wildman–Crippen MR) is 96.7 cm³/mol. The molecule has 0 heterocycles. The summed E-state index contributed by atoms with van der Waals surface area (Å²) in [5, 5.41) is 0. The standard InChI is InChI=1S/C18H19NO6S/c1-13(25-17(20)12-24-16-6-4-3-5-7-16)18(21)14-8-10-15(11-9-14)19-26(2,22)23/h3-11,13,19H,12H2,1-2H3. The fourth-order valence-electron chi connectivity index (χ4n) is 2.10. The molecule has 138 valence electrons. The summed E-state index contributed by atoms with van der Waals surface area (Å²) in [7, 11) is -3.39. The van der Waals surface area contributed by atoms with Gasteiger partial charge in [-0.05, 0) is 43.3 Å². The number of carbonyl (C=O) groups excluding carboxylic acids is 2. The van der Waals surface area contributed by atoms with Gasteiger partial charge in [-0.3, -0.25) is 9.52 Å². The lowest BCUT2D eigenvalue weighted by Crippen LogP contribution is -2.27. The Balaban J connectivity index is 1.89. The highest BCUT2D eigenvalue weighted by atomic mass is 32.2. The van der Waals surface area contributed by atoms with Crippen LogP contribution in [0.25, 0.3) is 0 Å². The van der Waals surface area contributed by atoms with Crippen LogP contribution in [0.15, 0.2) is 54.6 Å². The maximum Gasteiger partial charge on any atom is 0.344 e. The first-order valence-electron chi connectivity index (χ1n) is 7.74. The SMILES string of the molecule is CC(OC(=O)COc1ccccc1)C(=O)c1ccc(NS(C)(=O)=O)cc1. The molecule has 0 radical (unpaired) electrons. The van der Waals surface area contributed by atoms with E-state index in [1.807, 2.05) is 6.07 Å². The van der Waals surface area contributed by atoms with Gasteiger partial charge in [0.05, 0.1) is 6.26 Å². The molecule has 0 aliphatic carbocycles. The Labute approximate surface area is 152 Å². The van der Waals surface area contributed by atoms with E-state index in [1.165, 1.54) is 31.2 Å². The highest BCUT2D eigenvalue weighted by Crippen LogP contribution is 2.14. The second-order valence-corrected chi connectivity index (χ2v) is 7.30. The molecule has 2 aromatic carbocycles. The highest BCUT2D eigenvalue weighted by Gasteiger charge is 2.20. The fourth-order valence-corrected chi connectivity index (χ4v) is 2.66. The number of carbonyl (C=O) groups is 2. The molecular formula is C18H19NO6S. The molecule has 0 aliphatic rings. The van der Waals surface area contributed by atoms with E-state index < -0.39 is 27.9 Å². The van der Waals surface area contributed by atoms with Gasteiger partial charge < -0.3 is 9.47 Å². The summed E-state index contributed by atoms with van der Waals surface area (Å²) in [6.07, 6.45) is 0.0426. The van der Waals surface area contributed by atoms with Crippen LogP contribution in [0, 0.1) is 0 Å². The van der Waals surface area contributed by atoms with Crippen LogP contribution in [0.3, 0.4) is 0 Å². The molecule has 1 unspecified atom stereocenters. The van der Waals surface area contributed by atoms with E-state index >= 15 is 0 Å². The smallest absolute Gasteiger partial charge is 0.344 e. The van der Waals surface area contributed by atoms with E-state index in [0.717, 1.165) is 6.26 Å². The minimum atomic E-state index is -3.39. The van der Waals surface area contributed by atoms with Crippen molar-refractivity contribution in [1.29, 1.82) is 0 Å². The fraction of sp³-hybridized carbons (Fsp3) is 0.222. The van der Waals surface area contributed by atoms with E-state index in [4.69, 9.17) is 9.47 Å². The van der Waals surface area contributed by atoms with Gasteiger partial charge in [0.25, 0.3) is 0 Å². The minimum Gasteiger partial charge on any atom is -0.482 e. The van der Waals surface area contributed by atoms with Crippen LogP contribution < -0.4 is 9.46 Å². The molecule has 0 fully saturated rings. The van der Waals surface area contributed by atoms with Crippen molar-refractivity contribution in [2.75, 3.05) is 17.6 Å². The van der Waals surface area contributed by atoms with Gasteiger partial charge in [0.1, 0.15) is 5.75 Å². The van der Waals surface area contributed by atoms with Crippen molar-refractivity contribution in [2.24, 2.45) is 0 Å². The number of rotatable bonds is 8. The molecule has 0 spiro atoms. The summed E-state index contributed by atoms with van der Waals surface area (Å²) in [6, 6.07) is 14.6. The molecule has 2 aromatic rings. The number of Topliss-reactive ketones (excluding diaryl/α,β-unsaturated/α-hetero) is 1. The molecule has 1 atom stereocenters. The molecule has 0 bridgehead atoms. The average Bonchev–Trinajstić information content (AvgIpc) is 2.59. The summed E-state index contributed by atoms with van der Waals surface area (Å²) in [6.45, 7) is 1.16. The van der Waals surface area contributed by atoms with Crippen molar-refractivity contribution in [3.05, 3.63) is 60.2 Å². The Morgan fingerprint density at radius 2 is 1.65 bits per heavy atom. The second kappa shape index (κ2) is 8.48. The van der Waals surface area contributed by atoms with Crippen LogP contribution in [-0.2, 0) is 19.6 Å². The molecule has 8 heteroatoms. The first kappa shape index (κ1) is 19.5. The van der Waals surface area contributed by atoms with Gasteiger partial charge in [0, 0.05) is 11.3 Å². The van der Waals surface area contributed by atoms with Crippen molar-refractivity contribution >= 4 is 27.5 Å². The number of para-hydroxylation sites is 1. The molecule has 0 saturated heterocycles. The first-order chi connectivity index (χ1) is 12.2. The highest BCUT2D eigenvalue weighted by molar-refractivity contribution is 7.92. The molecule has 7 nitrogen and oxygen atoms in total. The van der Waals surface area contributed by atoms with Crippen LogP contribution in [0.5, 0.6) is 5.75 Å². The number of sulfonamides is 1. The molecule has 2 rings (SSSR count). The third-order valence-electron chi connectivity index (χ3n) is 3.25. The molecule has 1 N–H and O–H groups in total. The number of ether oxygens (including phenoxy) is 2. The average molecular weight is 377 g/mol. The number of nitrogens with one attached hydrogen (secondary N) is 1. The van der Waals surface area contributed by atoms with E-state index in [0.29, 0.717) is 17.0 Å². The van der Waals surface area contributed by atoms with E-state index in [2.05, 4.69) is 4.72 Å². The normalized spacial score (nSPS) is 12.1. The van der Waals surface area contributed by atoms with Gasteiger partial charge in [-0.1, -0.05) is 18.2 Å². The number of hydrogen-bond acceptors (Lipinski definition) is 6. The molecule has 0 aromatic heterocycles. The zero-order valence-corrected chi connectivity index (χ0v) is 15.2. The van der Waals surface area contributed by atoms with E-state index in [9.17, 15) is 18.0 Å². The van der Waals surface area contributed by atoms with Crippen LogP contribution in [0.1, 0.15) is 17.3 Å². The van der Waals surface area contributed by atoms with Gasteiger partial charge in [-0.2, -0.15) is 0 Å². The van der Waals surface area contributed by atoms with E-state index in [-0.39, 0.29) is 6.61 Å². The van der Waals surface area contributed by atoms with Crippen LogP contribution in [0.2, 0.25) is 0 Å². The van der Waals surface area contributed by atoms with Crippen LogP contribution >= 0.6 is 0 Å². The largest absolute Gasteiger partial charge is 0.482 e. The monoisotopic (exact) mass is 377 g/mol. The molecular weight excluding hydrogens is 358 g/mol. The third kappa shape index (κ3) is 6.21. The minimum absolute atomic E-state index is 0.299. The lowest BCUT2D eigenvalue weighted by Gasteiger charge is -2.13. The Kier molecular flexibility index (Phi) is 6.35. The molecule has 0 aliphatic heterocycles. The lowest BCUT2D eigenvalue weighted by atomic mass is 10.1. The summed E-state index contributed by atoms with van der Waals surface area (Å²) < 4.78 is 35.0. The third-order valence-corrected chi connectivity index (χ3v) is 3.86. The molecule has 0 saturated carbocycles. The van der Waals surface area contributed by atoms with Crippen molar-refractivity contribution in [3.8, 4) is 5.75 Å². The van der Waals surface area contributed by atoms with Gasteiger partial charge >= 0.3 is 5.97 Å². The molecule has 26 heavy (non-hydrogen) atoms. The summed E-state index contributed by atoms with van der Waals surface area (Å²) in [5.41, 5.74) is 0.637. The van der Waals surface area contributed by atoms with Crippen LogP contribution in [0.4, 0.5) is 5.69 Å². The summed E-state index contributed by atoms with van der Waals surface area (Å²) in [4.78, 5) is 24.1. The Morgan fingerprint density at radius 1 is 1.04 bits per heavy atom. The van der Waals surface area contributed by atoms with Gasteiger partial charge in [-0.15, -0.1) is 0 Å². The second-order valence-electron chi connectivity index (χ2n) is 5.55. The van der Waals surface area contributed by atoms with Crippen molar-refractivity contribution in [3.63, 3.8) is 0 Å². The predicted octanol–water partition coefficient (Wildman–Crippen LogP) is 2.25.